The van der Waals surface area contributed by atoms with E-state index in [0.717, 1.165) is 5.56 Å². The van der Waals surface area contributed by atoms with Crippen molar-refractivity contribution in [1.29, 1.82) is 5.26 Å². The summed E-state index contributed by atoms with van der Waals surface area (Å²) in [6.07, 6.45) is 3.19. The van der Waals surface area contributed by atoms with Crippen LogP contribution in [0.25, 0.3) is 11.6 Å². The number of halogens is 1. The summed E-state index contributed by atoms with van der Waals surface area (Å²) in [6, 6.07) is 20.6. The Morgan fingerprint density at radius 2 is 1.97 bits per heavy atom. The van der Waals surface area contributed by atoms with Crippen LogP contribution in [0, 0.1) is 17.1 Å². The fourth-order valence-electron chi connectivity index (χ4n) is 3.24. The minimum Gasteiger partial charge on any atom is -0.493 e. The molecule has 172 valence electrons. The normalized spacial score (nSPS) is 11.9. The number of ether oxygens (including phenoxy) is 1. The molecule has 1 aromatic heterocycles. The zero-order valence-corrected chi connectivity index (χ0v) is 18.3. The number of hydrogen-bond donors (Lipinski definition) is 3. The third-order valence-electron chi connectivity index (χ3n) is 4.91. The van der Waals surface area contributed by atoms with Crippen molar-refractivity contribution in [2.24, 2.45) is 0 Å². The maximum atomic E-state index is 14.0. The lowest BCUT2D eigenvalue weighted by atomic mass is 9.76. The number of carbonyl (C=O) groups is 1. The molecule has 1 heterocycles. The minimum absolute atomic E-state index is 0.000663. The summed E-state index contributed by atoms with van der Waals surface area (Å²) in [4.78, 5) is 16.2. The van der Waals surface area contributed by atoms with Gasteiger partial charge in [0.2, 0.25) is 5.91 Å². The van der Waals surface area contributed by atoms with Gasteiger partial charge in [-0.2, -0.15) is 5.26 Å². The molecule has 1 amide bonds. The number of aromatic nitrogens is 1. The van der Waals surface area contributed by atoms with Gasteiger partial charge in [0, 0.05) is 6.20 Å². The summed E-state index contributed by atoms with van der Waals surface area (Å²) >= 11 is 0. The second kappa shape index (κ2) is 12.3. The average Bonchev–Trinajstić information content (AvgIpc) is 2.83. The molecule has 9 heteroatoms. The number of amides is 1. The van der Waals surface area contributed by atoms with E-state index >= 15 is 0 Å². The summed E-state index contributed by atoms with van der Waals surface area (Å²) in [5.41, 5.74) is 1.50. The van der Waals surface area contributed by atoms with Crippen LogP contribution in [0.2, 0.25) is 0 Å². The quantitative estimate of drug-likeness (QED) is 0.317. The fraction of sp³-hybridized carbons (Fsp3) is 0.160. The third-order valence-corrected chi connectivity index (χ3v) is 4.91. The first-order valence-electron chi connectivity index (χ1n) is 10.6. The van der Waals surface area contributed by atoms with Gasteiger partial charge in [-0.1, -0.05) is 42.5 Å². The van der Waals surface area contributed by atoms with Crippen LogP contribution in [-0.4, -0.2) is 40.6 Å². The van der Waals surface area contributed by atoms with Crippen LogP contribution in [0.4, 0.5) is 4.39 Å². The van der Waals surface area contributed by atoms with Crippen molar-refractivity contribution in [1.82, 2.24) is 10.3 Å². The Morgan fingerprint density at radius 1 is 1.18 bits per heavy atom. The predicted molar refractivity (Wildman–Crippen MR) is 127 cm³/mol. The molecule has 3 aromatic rings. The second-order valence-electron chi connectivity index (χ2n) is 7.45. The van der Waals surface area contributed by atoms with Crippen LogP contribution in [0.15, 0.2) is 72.9 Å². The number of pyridine rings is 1. The topological polar surface area (TPSA) is 115 Å². The highest BCUT2D eigenvalue weighted by Crippen LogP contribution is 2.21. The van der Waals surface area contributed by atoms with E-state index in [2.05, 4.69) is 10.3 Å². The summed E-state index contributed by atoms with van der Waals surface area (Å²) in [5, 5.41) is 31.2. The first-order valence-corrected chi connectivity index (χ1v) is 10.6. The van der Waals surface area contributed by atoms with Gasteiger partial charge in [-0.15, -0.1) is 0 Å². The third kappa shape index (κ3) is 7.27. The highest BCUT2D eigenvalue weighted by atomic mass is 19.1. The Morgan fingerprint density at radius 3 is 2.68 bits per heavy atom. The number of nitrogens with one attached hydrogen (secondary N) is 1. The maximum Gasteiger partial charge on any atom is 0.475 e. The molecule has 3 N–H and O–H groups in total. The molecule has 7 nitrogen and oxygen atoms in total. The number of rotatable bonds is 10. The zero-order chi connectivity index (χ0) is 24.3. The van der Waals surface area contributed by atoms with Crippen molar-refractivity contribution < 1.29 is 24.0 Å². The Labute approximate surface area is 197 Å². The number of nitrogens with zero attached hydrogens (tertiary/aromatic N) is 2. The van der Waals surface area contributed by atoms with Crippen LogP contribution in [-0.2, 0) is 11.2 Å². The van der Waals surface area contributed by atoms with E-state index in [1.165, 1.54) is 24.4 Å². The molecule has 0 aliphatic heterocycles. The Hall–Kier alpha value is -4.00. The molecule has 0 fully saturated rings. The molecule has 3 rings (SSSR count). The van der Waals surface area contributed by atoms with E-state index in [0.29, 0.717) is 11.3 Å². The Kier molecular flexibility index (Phi) is 8.92. The number of carbonyl (C=O) groups excluding carboxylic acids is 1. The van der Waals surface area contributed by atoms with Crippen molar-refractivity contribution in [2.75, 3.05) is 6.61 Å². The van der Waals surface area contributed by atoms with E-state index in [9.17, 15) is 24.5 Å². The van der Waals surface area contributed by atoms with E-state index in [4.69, 9.17) is 4.74 Å². The first kappa shape index (κ1) is 24.6. The van der Waals surface area contributed by atoms with Crippen LogP contribution >= 0.6 is 0 Å². The van der Waals surface area contributed by atoms with E-state index in [-0.39, 0.29) is 36.6 Å². The fourth-order valence-corrected chi connectivity index (χ4v) is 3.24. The summed E-state index contributed by atoms with van der Waals surface area (Å²) in [7, 11) is -1.70. The van der Waals surface area contributed by atoms with Gasteiger partial charge in [-0.3, -0.25) is 9.78 Å². The van der Waals surface area contributed by atoms with Gasteiger partial charge >= 0.3 is 7.12 Å². The number of allylic oxidation sites excluding steroid dienone is 1. The molecule has 0 saturated carbocycles. The molecule has 2 aromatic carbocycles. The lowest BCUT2D eigenvalue weighted by molar-refractivity contribution is -0.122. The summed E-state index contributed by atoms with van der Waals surface area (Å²) < 4.78 is 19.6. The standard InChI is InChI=1S/C25H23BFN3O4/c27-22-10-5-12-29-25(22)20(17-28)14-19-8-4-9-21(15-19)34-13-11-24(31)30-23(26(32)33)16-18-6-2-1-3-7-18/h1-10,12,14-15,23,32-33H,11,13,16H2,(H,30,31)/b20-14+/t23-/m0/s1. The lowest BCUT2D eigenvalue weighted by Crippen LogP contribution is -2.48. The number of hydrogen-bond acceptors (Lipinski definition) is 6. The lowest BCUT2D eigenvalue weighted by Gasteiger charge is -2.18. The van der Waals surface area contributed by atoms with Crippen molar-refractivity contribution in [3.63, 3.8) is 0 Å². The van der Waals surface area contributed by atoms with Crippen LogP contribution in [0.1, 0.15) is 23.2 Å². The van der Waals surface area contributed by atoms with Gasteiger partial charge < -0.3 is 20.1 Å². The molecule has 0 aliphatic rings. The molecular formula is C25H23BFN3O4. The molecule has 0 saturated heterocycles. The smallest absolute Gasteiger partial charge is 0.475 e. The number of nitriles is 1. The van der Waals surface area contributed by atoms with Gasteiger partial charge in [-0.05, 0) is 47.9 Å². The summed E-state index contributed by atoms with van der Waals surface area (Å²) in [6.45, 7) is 0.0541. The minimum atomic E-state index is -1.70. The highest BCUT2D eigenvalue weighted by molar-refractivity contribution is 6.43. The van der Waals surface area contributed by atoms with Gasteiger partial charge in [-0.25, -0.2) is 4.39 Å². The van der Waals surface area contributed by atoms with E-state index < -0.39 is 18.9 Å². The zero-order valence-electron chi connectivity index (χ0n) is 18.3. The first-order chi connectivity index (χ1) is 16.5. The second-order valence-corrected chi connectivity index (χ2v) is 7.45. The summed E-state index contributed by atoms with van der Waals surface area (Å²) in [5.74, 6) is -1.36. The van der Waals surface area contributed by atoms with E-state index in [1.807, 2.05) is 36.4 Å². The van der Waals surface area contributed by atoms with Crippen molar-refractivity contribution >= 4 is 24.7 Å². The highest BCUT2D eigenvalue weighted by Gasteiger charge is 2.25. The molecule has 0 unspecified atom stereocenters. The van der Waals surface area contributed by atoms with Crippen LogP contribution in [0.3, 0.4) is 0 Å². The van der Waals surface area contributed by atoms with Gasteiger partial charge in [0.05, 0.1) is 24.5 Å². The Balaban J connectivity index is 1.57. The predicted octanol–water partition coefficient (Wildman–Crippen LogP) is 2.79. The maximum absolute atomic E-state index is 14.0. The van der Waals surface area contributed by atoms with Gasteiger partial charge in [0.15, 0.2) is 0 Å². The number of benzene rings is 2. The van der Waals surface area contributed by atoms with Crippen molar-refractivity contribution in [2.45, 2.75) is 18.8 Å². The molecule has 34 heavy (non-hydrogen) atoms. The van der Waals surface area contributed by atoms with E-state index in [1.54, 1.807) is 24.3 Å². The van der Waals surface area contributed by atoms with Crippen molar-refractivity contribution in [3.05, 3.63) is 95.6 Å². The molecule has 1 atom stereocenters. The molecule has 0 aliphatic carbocycles. The van der Waals surface area contributed by atoms with Crippen molar-refractivity contribution in [3.8, 4) is 11.8 Å². The molecule has 0 spiro atoms. The Bertz CT molecular complexity index is 1180. The van der Waals surface area contributed by atoms with Crippen LogP contribution in [0.5, 0.6) is 5.75 Å². The average molecular weight is 459 g/mol. The molecule has 0 bridgehead atoms. The van der Waals surface area contributed by atoms with Crippen LogP contribution < -0.4 is 10.1 Å². The van der Waals surface area contributed by atoms with Gasteiger partial charge in [0.1, 0.15) is 23.3 Å². The SMILES string of the molecule is N#C/C(=C\c1cccc(OCCC(=O)N[C@@H](Cc2ccccc2)B(O)O)c1)c1ncccc1F. The largest absolute Gasteiger partial charge is 0.493 e. The van der Waals surface area contributed by atoms with Gasteiger partial charge in [0.25, 0.3) is 0 Å². The molecular weight excluding hydrogens is 436 g/mol. The molecule has 0 radical (unpaired) electrons. The monoisotopic (exact) mass is 459 g/mol.